The molecule has 1 aromatic rings. The molecule has 1 aromatic heterocycles. The van der Waals surface area contributed by atoms with Crippen LogP contribution in [0.5, 0.6) is 0 Å². The van der Waals surface area contributed by atoms with Crippen molar-refractivity contribution >= 4 is 0 Å². The molecule has 0 spiro atoms. The molecule has 0 saturated heterocycles. The second-order valence-electron chi connectivity index (χ2n) is 5.96. The quantitative estimate of drug-likeness (QED) is 0.780. The number of aromatic nitrogens is 1. The van der Waals surface area contributed by atoms with Crippen LogP contribution in [0.3, 0.4) is 0 Å². The number of nitrogens with zero attached hydrogens (tertiary/aromatic N) is 2. The van der Waals surface area contributed by atoms with E-state index in [1.165, 1.54) is 30.6 Å². The average molecular weight is 261 g/mol. The first-order valence-electron chi connectivity index (χ1n) is 7.57. The van der Waals surface area contributed by atoms with Crippen LogP contribution in [0.2, 0.25) is 0 Å². The molecule has 1 saturated carbocycles. The summed E-state index contributed by atoms with van der Waals surface area (Å²) >= 11 is 0. The molecular weight excluding hydrogens is 234 g/mol. The Hall–Kier alpha value is -0.930. The first kappa shape index (κ1) is 14.5. The van der Waals surface area contributed by atoms with Gasteiger partial charge in [0.2, 0.25) is 0 Å². The first-order valence-corrected chi connectivity index (χ1v) is 7.57. The van der Waals surface area contributed by atoms with Gasteiger partial charge in [0, 0.05) is 31.9 Å². The molecule has 1 heterocycles. The van der Waals surface area contributed by atoms with Gasteiger partial charge in [-0.15, -0.1) is 0 Å². The van der Waals surface area contributed by atoms with Gasteiger partial charge in [0.25, 0.3) is 0 Å². The molecule has 1 aliphatic rings. The summed E-state index contributed by atoms with van der Waals surface area (Å²) in [6.07, 6.45) is 4.85. The summed E-state index contributed by atoms with van der Waals surface area (Å²) in [5.74, 6) is 0.953. The Morgan fingerprint density at radius 2 is 2.16 bits per heavy atom. The molecule has 0 bridgehead atoms. The van der Waals surface area contributed by atoms with E-state index in [-0.39, 0.29) is 0 Å². The second kappa shape index (κ2) is 7.01. The average Bonchev–Trinajstić information content (AvgIpc) is 3.21. The van der Waals surface area contributed by atoms with Crippen molar-refractivity contribution in [3.8, 4) is 0 Å². The van der Waals surface area contributed by atoms with Crippen molar-refractivity contribution in [3.05, 3.63) is 29.6 Å². The molecule has 1 aliphatic carbocycles. The summed E-state index contributed by atoms with van der Waals surface area (Å²) < 4.78 is 0. The van der Waals surface area contributed by atoms with Crippen molar-refractivity contribution < 1.29 is 0 Å². The van der Waals surface area contributed by atoms with Crippen LogP contribution >= 0.6 is 0 Å². The summed E-state index contributed by atoms with van der Waals surface area (Å²) in [6.45, 7) is 10.8. The molecule has 3 nitrogen and oxygen atoms in total. The van der Waals surface area contributed by atoms with E-state index in [1.807, 2.05) is 6.20 Å². The third-order valence-electron chi connectivity index (χ3n) is 3.65. The molecule has 106 valence electrons. The van der Waals surface area contributed by atoms with E-state index in [4.69, 9.17) is 0 Å². The fourth-order valence-electron chi connectivity index (χ4n) is 2.18. The first-order chi connectivity index (χ1) is 9.17. The predicted octanol–water partition coefficient (Wildman–Crippen LogP) is 2.81. The van der Waals surface area contributed by atoms with Crippen molar-refractivity contribution in [2.75, 3.05) is 13.1 Å². The van der Waals surface area contributed by atoms with E-state index in [9.17, 15) is 0 Å². The molecule has 19 heavy (non-hydrogen) atoms. The van der Waals surface area contributed by atoms with E-state index < -0.39 is 0 Å². The van der Waals surface area contributed by atoms with Gasteiger partial charge in [-0.2, -0.15) is 0 Å². The SMILES string of the molecule is CCN(Cc1ccc(CNC(C)C)cn1)CC1CC1. The lowest BCUT2D eigenvalue weighted by molar-refractivity contribution is 0.265. The van der Waals surface area contributed by atoms with Crippen molar-refractivity contribution in [2.24, 2.45) is 5.92 Å². The number of nitrogens with one attached hydrogen (secondary N) is 1. The highest BCUT2D eigenvalue weighted by Gasteiger charge is 2.23. The summed E-state index contributed by atoms with van der Waals surface area (Å²) in [7, 11) is 0. The molecule has 0 amide bonds. The van der Waals surface area contributed by atoms with Crippen LogP contribution in [0.1, 0.15) is 44.9 Å². The van der Waals surface area contributed by atoms with E-state index >= 15 is 0 Å². The highest BCUT2D eigenvalue weighted by Crippen LogP contribution is 2.29. The van der Waals surface area contributed by atoms with Crippen molar-refractivity contribution in [3.63, 3.8) is 0 Å². The molecule has 0 unspecified atom stereocenters. The smallest absolute Gasteiger partial charge is 0.0544 e. The van der Waals surface area contributed by atoms with E-state index in [0.29, 0.717) is 6.04 Å². The molecule has 3 heteroatoms. The Bertz CT molecular complexity index is 368. The van der Waals surface area contributed by atoms with Gasteiger partial charge in [-0.3, -0.25) is 9.88 Å². The zero-order valence-corrected chi connectivity index (χ0v) is 12.5. The standard InChI is InChI=1S/C16H27N3/c1-4-19(11-14-5-6-14)12-16-8-7-15(10-18-16)9-17-13(2)3/h7-8,10,13-14,17H,4-6,9,11-12H2,1-3H3. The minimum Gasteiger partial charge on any atom is -0.310 e. The van der Waals surface area contributed by atoms with Gasteiger partial charge < -0.3 is 5.32 Å². The monoisotopic (exact) mass is 261 g/mol. The molecular formula is C16H27N3. The van der Waals surface area contributed by atoms with Gasteiger partial charge in [0.15, 0.2) is 0 Å². The molecule has 0 aromatic carbocycles. The van der Waals surface area contributed by atoms with Crippen LogP contribution in [0.25, 0.3) is 0 Å². The zero-order valence-electron chi connectivity index (χ0n) is 12.5. The molecule has 1 N–H and O–H groups in total. The second-order valence-corrected chi connectivity index (χ2v) is 5.96. The van der Waals surface area contributed by atoms with Gasteiger partial charge in [-0.25, -0.2) is 0 Å². The normalized spacial score (nSPS) is 15.4. The zero-order chi connectivity index (χ0) is 13.7. The van der Waals surface area contributed by atoms with E-state index in [0.717, 1.165) is 25.6 Å². The van der Waals surface area contributed by atoms with Crippen LogP contribution in [0.4, 0.5) is 0 Å². The summed E-state index contributed by atoms with van der Waals surface area (Å²) in [4.78, 5) is 7.10. The van der Waals surface area contributed by atoms with Crippen LogP contribution in [0, 0.1) is 5.92 Å². The lowest BCUT2D eigenvalue weighted by Gasteiger charge is -2.19. The Labute approximate surface area is 117 Å². The highest BCUT2D eigenvalue weighted by molar-refractivity contribution is 5.14. The lowest BCUT2D eigenvalue weighted by Crippen LogP contribution is -2.25. The van der Waals surface area contributed by atoms with Crippen LogP contribution in [-0.2, 0) is 13.1 Å². The number of rotatable bonds is 8. The number of pyridine rings is 1. The molecule has 0 aliphatic heterocycles. The third-order valence-corrected chi connectivity index (χ3v) is 3.65. The third kappa shape index (κ3) is 5.29. The molecule has 0 atom stereocenters. The largest absolute Gasteiger partial charge is 0.310 e. The van der Waals surface area contributed by atoms with Crippen LogP contribution < -0.4 is 5.32 Å². The van der Waals surface area contributed by atoms with Crippen molar-refractivity contribution in [2.45, 2.75) is 52.7 Å². The van der Waals surface area contributed by atoms with Crippen molar-refractivity contribution in [1.82, 2.24) is 15.2 Å². The van der Waals surface area contributed by atoms with Gasteiger partial charge in [0.1, 0.15) is 0 Å². The number of hydrogen-bond donors (Lipinski definition) is 1. The maximum absolute atomic E-state index is 4.59. The highest BCUT2D eigenvalue weighted by atomic mass is 15.1. The number of hydrogen-bond acceptors (Lipinski definition) is 3. The van der Waals surface area contributed by atoms with Gasteiger partial charge in [-0.1, -0.05) is 26.8 Å². The predicted molar refractivity (Wildman–Crippen MR) is 79.9 cm³/mol. The summed E-state index contributed by atoms with van der Waals surface area (Å²) in [6, 6.07) is 4.89. The van der Waals surface area contributed by atoms with E-state index in [1.54, 1.807) is 0 Å². The fraction of sp³-hybridized carbons (Fsp3) is 0.688. The van der Waals surface area contributed by atoms with Crippen LogP contribution in [0.15, 0.2) is 18.3 Å². The maximum atomic E-state index is 4.59. The van der Waals surface area contributed by atoms with Crippen LogP contribution in [-0.4, -0.2) is 29.0 Å². The Morgan fingerprint density at radius 3 is 2.68 bits per heavy atom. The molecule has 1 fully saturated rings. The van der Waals surface area contributed by atoms with Crippen molar-refractivity contribution in [1.29, 1.82) is 0 Å². The van der Waals surface area contributed by atoms with E-state index in [2.05, 4.69) is 48.1 Å². The Morgan fingerprint density at radius 1 is 1.37 bits per heavy atom. The maximum Gasteiger partial charge on any atom is 0.0544 e. The lowest BCUT2D eigenvalue weighted by atomic mass is 10.2. The summed E-state index contributed by atoms with van der Waals surface area (Å²) in [5, 5.41) is 3.42. The Kier molecular flexibility index (Phi) is 5.34. The van der Waals surface area contributed by atoms with Gasteiger partial charge >= 0.3 is 0 Å². The minimum absolute atomic E-state index is 0.522. The Balaban J connectivity index is 1.82. The fourth-order valence-corrected chi connectivity index (χ4v) is 2.18. The topological polar surface area (TPSA) is 28.2 Å². The minimum atomic E-state index is 0.522. The summed E-state index contributed by atoms with van der Waals surface area (Å²) in [5.41, 5.74) is 2.46. The molecule has 0 radical (unpaired) electrons. The van der Waals surface area contributed by atoms with Gasteiger partial charge in [-0.05, 0) is 36.9 Å². The van der Waals surface area contributed by atoms with Gasteiger partial charge in [0.05, 0.1) is 5.69 Å². The molecule has 2 rings (SSSR count).